The van der Waals surface area contributed by atoms with Gasteiger partial charge in [-0.05, 0) is 32.9 Å². The van der Waals surface area contributed by atoms with Crippen molar-refractivity contribution in [3.63, 3.8) is 0 Å². The lowest BCUT2D eigenvalue weighted by atomic mass is 10.2. The van der Waals surface area contributed by atoms with Crippen molar-refractivity contribution >= 4 is 11.0 Å². The monoisotopic (exact) mass is 270 g/mol. The molecule has 0 saturated heterocycles. The van der Waals surface area contributed by atoms with E-state index in [4.69, 9.17) is 4.74 Å². The fourth-order valence-corrected chi connectivity index (χ4v) is 1.67. The summed E-state index contributed by atoms with van der Waals surface area (Å²) in [6.45, 7) is 5.20. The molecule has 3 nitrogen and oxygen atoms in total. The van der Waals surface area contributed by atoms with Crippen LogP contribution >= 0.6 is 0 Å². The molecule has 0 bridgehead atoms. The normalized spacial score (nSPS) is 12.2. The molecule has 0 radical (unpaired) electrons. The fourth-order valence-electron chi connectivity index (χ4n) is 1.67. The lowest BCUT2D eigenvalue weighted by molar-refractivity contribution is -0.141. The second-order valence-electron chi connectivity index (χ2n) is 4.49. The number of nitrogens with zero attached hydrogens (tertiary/aromatic N) is 2. The zero-order valence-corrected chi connectivity index (χ0v) is 10.7. The van der Waals surface area contributed by atoms with E-state index in [1.807, 2.05) is 0 Å². The Morgan fingerprint density at radius 2 is 1.84 bits per heavy atom. The Morgan fingerprint density at radius 3 is 2.42 bits per heavy atom. The number of fused-ring (bicyclic) bond motifs is 1. The smallest absolute Gasteiger partial charge is 0.433 e. The molecule has 0 saturated carbocycles. The standard InChI is InChI=1S/C13H13F3N2O/c1-7(2)19-10-6-11(13(14,15)16)18-12-9(10)5-4-8(3)17-12/h4-7H,1-3H3. The predicted molar refractivity (Wildman–Crippen MR) is 65.0 cm³/mol. The minimum absolute atomic E-state index is 0.0467. The maximum atomic E-state index is 12.8. The van der Waals surface area contributed by atoms with Gasteiger partial charge in [0.05, 0.1) is 11.5 Å². The molecule has 2 rings (SSSR count). The third-order valence-electron chi connectivity index (χ3n) is 2.43. The predicted octanol–water partition coefficient (Wildman–Crippen LogP) is 3.74. The number of rotatable bonds is 2. The molecule has 0 amide bonds. The van der Waals surface area contributed by atoms with Gasteiger partial charge < -0.3 is 4.74 Å². The Kier molecular flexibility index (Phi) is 3.34. The maximum Gasteiger partial charge on any atom is 0.433 e. The van der Waals surface area contributed by atoms with Gasteiger partial charge in [0.2, 0.25) is 0 Å². The Morgan fingerprint density at radius 1 is 1.16 bits per heavy atom. The summed E-state index contributed by atoms with van der Waals surface area (Å²) in [5.74, 6) is 0.153. The molecule has 2 heterocycles. The summed E-state index contributed by atoms with van der Waals surface area (Å²) in [5, 5.41) is 0.479. The summed E-state index contributed by atoms with van der Waals surface area (Å²) in [6, 6.07) is 4.30. The maximum absolute atomic E-state index is 12.8. The van der Waals surface area contributed by atoms with Crippen molar-refractivity contribution in [1.82, 2.24) is 9.97 Å². The summed E-state index contributed by atoms with van der Waals surface area (Å²) in [4.78, 5) is 7.59. The Labute approximate surface area is 108 Å². The molecule has 0 atom stereocenters. The molecule has 0 fully saturated rings. The van der Waals surface area contributed by atoms with Crippen LogP contribution in [0.1, 0.15) is 25.2 Å². The molecule has 0 aliphatic rings. The highest BCUT2D eigenvalue weighted by atomic mass is 19.4. The third kappa shape index (κ3) is 2.94. The zero-order chi connectivity index (χ0) is 14.2. The number of ether oxygens (including phenoxy) is 1. The molecule has 19 heavy (non-hydrogen) atoms. The lowest BCUT2D eigenvalue weighted by Crippen LogP contribution is -2.12. The average Bonchev–Trinajstić information content (AvgIpc) is 2.26. The van der Waals surface area contributed by atoms with E-state index >= 15 is 0 Å². The van der Waals surface area contributed by atoms with E-state index in [1.54, 1.807) is 32.9 Å². The van der Waals surface area contributed by atoms with E-state index in [2.05, 4.69) is 9.97 Å². The van der Waals surface area contributed by atoms with Crippen LogP contribution in [0.25, 0.3) is 11.0 Å². The first-order valence-electron chi connectivity index (χ1n) is 5.79. The molecule has 6 heteroatoms. The van der Waals surface area contributed by atoms with Crippen LogP contribution in [0.3, 0.4) is 0 Å². The van der Waals surface area contributed by atoms with Gasteiger partial charge in [-0.2, -0.15) is 13.2 Å². The fraction of sp³-hybridized carbons (Fsp3) is 0.385. The minimum atomic E-state index is -4.52. The van der Waals surface area contributed by atoms with Crippen LogP contribution in [0.15, 0.2) is 18.2 Å². The third-order valence-corrected chi connectivity index (χ3v) is 2.43. The van der Waals surface area contributed by atoms with Gasteiger partial charge in [0.25, 0.3) is 0 Å². The van der Waals surface area contributed by atoms with Crippen LogP contribution in [0, 0.1) is 6.92 Å². The van der Waals surface area contributed by atoms with E-state index in [0.717, 1.165) is 6.07 Å². The number of alkyl halides is 3. The SMILES string of the molecule is Cc1ccc2c(OC(C)C)cc(C(F)(F)F)nc2n1. The largest absolute Gasteiger partial charge is 0.490 e. The van der Waals surface area contributed by atoms with Crippen LogP contribution in [0.4, 0.5) is 13.2 Å². The molecule has 0 unspecified atom stereocenters. The van der Waals surface area contributed by atoms with E-state index in [9.17, 15) is 13.2 Å². The number of aryl methyl sites for hydroxylation is 1. The van der Waals surface area contributed by atoms with E-state index in [0.29, 0.717) is 11.1 Å². The molecule has 0 aromatic carbocycles. The molecule has 0 aliphatic carbocycles. The van der Waals surface area contributed by atoms with Gasteiger partial charge in [0, 0.05) is 11.8 Å². The van der Waals surface area contributed by atoms with Gasteiger partial charge in [0.15, 0.2) is 11.3 Å². The van der Waals surface area contributed by atoms with Gasteiger partial charge in [-0.1, -0.05) is 0 Å². The van der Waals surface area contributed by atoms with Gasteiger partial charge in [-0.25, -0.2) is 9.97 Å². The zero-order valence-electron chi connectivity index (χ0n) is 10.7. The molecular weight excluding hydrogens is 257 g/mol. The van der Waals surface area contributed by atoms with Crippen molar-refractivity contribution < 1.29 is 17.9 Å². The lowest BCUT2D eigenvalue weighted by Gasteiger charge is -2.14. The molecule has 102 valence electrons. The van der Waals surface area contributed by atoms with Crippen molar-refractivity contribution in [2.24, 2.45) is 0 Å². The van der Waals surface area contributed by atoms with Crippen molar-refractivity contribution in [1.29, 1.82) is 0 Å². The summed E-state index contributed by atoms with van der Waals surface area (Å²) in [7, 11) is 0. The van der Waals surface area contributed by atoms with Gasteiger partial charge in [-0.3, -0.25) is 0 Å². The average molecular weight is 270 g/mol. The van der Waals surface area contributed by atoms with E-state index < -0.39 is 11.9 Å². The van der Waals surface area contributed by atoms with Crippen LogP contribution < -0.4 is 4.74 Å². The number of aromatic nitrogens is 2. The first kappa shape index (κ1) is 13.6. The second kappa shape index (κ2) is 4.68. The first-order chi connectivity index (χ1) is 8.77. The Hall–Kier alpha value is -1.85. The second-order valence-corrected chi connectivity index (χ2v) is 4.49. The summed E-state index contributed by atoms with van der Waals surface area (Å²) >= 11 is 0. The van der Waals surface area contributed by atoms with Gasteiger partial charge in [0.1, 0.15) is 5.75 Å². The molecule has 0 aliphatic heterocycles. The molecular formula is C13H13F3N2O. The molecule has 0 spiro atoms. The van der Waals surface area contributed by atoms with Crippen LogP contribution in [-0.4, -0.2) is 16.1 Å². The van der Waals surface area contributed by atoms with E-state index in [1.165, 1.54) is 0 Å². The highest BCUT2D eigenvalue weighted by Crippen LogP contribution is 2.34. The highest BCUT2D eigenvalue weighted by Gasteiger charge is 2.34. The molecule has 2 aromatic rings. The van der Waals surface area contributed by atoms with Crippen molar-refractivity contribution in [2.45, 2.75) is 33.1 Å². The minimum Gasteiger partial charge on any atom is -0.490 e. The van der Waals surface area contributed by atoms with Crippen LogP contribution in [-0.2, 0) is 6.18 Å². The summed E-state index contributed by atoms with van der Waals surface area (Å²) in [5.41, 5.74) is -0.339. The van der Waals surface area contributed by atoms with Gasteiger partial charge in [-0.15, -0.1) is 0 Å². The Bertz CT molecular complexity index is 609. The Balaban J connectivity index is 2.69. The van der Waals surface area contributed by atoms with Crippen molar-refractivity contribution in [3.8, 4) is 5.75 Å². The summed E-state index contributed by atoms with van der Waals surface area (Å²) in [6.07, 6.45) is -4.75. The van der Waals surface area contributed by atoms with Crippen LogP contribution in [0.2, 0.25) is 0 Å². The van der Waals surface area contributed by atoms with Crippen molar-refractivity contribution in [3.05, 3.63) is 29.6 Å². The van der Waals surface area contributed by atoms with E-state index in [-0.39, 0.29) is 17.5 Å². The van der Waals surface area contributed by atoms with Crippen LogP contribution in [0.5, 0.6) is 5.75 Å². The van der Waals surface area contributed by atoms with Gasteiger partial charge >= 0.3 is 6.18 Å². The topological polar surface area (TPSA) is 35.0 Å². The number of hydrogen-bond donors (Lipinski definition) is 0. The number of halogens is 3. The highest BCUT2D eigenvalue weighted by molar-refractivity contribution is 5.82. The molecule has 2 aromatic heterocycles. The number of pyridine rings is 2. The number of hydrogen-bond acceptors (Lipinski definition) is 3. The quantitative estimate of drug-likeness (QED) is 0.833. The first-order valence-corrected chi connectivity index (χ1v) is 5.79. The molecule has 0 N–H and O–H groups in total. The summed E-state index contributed by atoms with van der Waals surface area (Å²) < 4.78 is 43.8. The van der Waals surface area contributed by atoms with Crippen molar-refractivity contribution in [2.75, 3.05) is 0 Å².